The number of benzene rings is 1. The third-order valence-electron chi connectivity index (χ3n) is 3.71. The summed E-state index contributed by atoms with van der Waals surface area (Å²) < 4.78 is 1.93. The summed E-state index contributed by atoms with van der Waals surface area (Å²) in [5.74, 6) is 1.56. The second kappa shape index (κ2) is 4.08. The molecule has 0 spiro atoms. The molecule has 1 unspecified atom stereocenters. The predicted molar refractivity (Wildman–Crippen MR) is 69.8 cm³/mol. The molecule has 5 nitrogen and oxygen atoms in total. The number of nitrogens with two attached hydrogens (primary N) is 1. The number of nitrogen functional groups attached to an aromatic ring is 1. The van der Waals surface area contributed by atoms with Crippen LogP contribution in [0.25, 0.3) is 11.4 Å². The van der Waals surface area contributed by atoms with Crippen LogP contribution < -0.4 is 5.73 Å². The van der Waals surface area contributed by atoms with Crippen molar-refractivity contribution in [1.82, 2.24) is 20.2 Å². The lowest BCUT2D eigenvalue weighted by molar-refractivity contribution is 0.433. The molecule has 0 amide bonds. The van der Waals surface area contributed by atoms with E-state index in [1.807, 2.05) is 29.8 Å². The van der Waals surface area contributed by atoms with Gasteiger partial charge in [-0.15, -0.1) is 5.10 Å². The maximum absolute atomic E-state index is 5.84. The highest BCUT2D eigenvalue weighted by molar-refractivity contribution is 5.61. The number of hydrogen-bond donors (Lipinski definition) is 1. The lowest BCUT2D eigenvalue weighted by atomic mass is 10.1. The van der Waals surface area contributed by atoms with E-state index in [0.29, 0.717) is 6.04 Å². The molecule has 1 saturated carbocycles. The minimum absolute atomic E-state index is 0.368. The first-order valence-electron chi connectivity index (χ1n) is 6.31. The van der Waals surface area contributed by atoms with Crippen molar-refractivity contribution in [2.45, 2.75) is 32.7 Å². The second-order valence-electron chi connectivity index (χ2n) is 5.10. The zero-order chi connectivity index (χ0) is 12.7. The van der Waals surface area contributed by atoms with Gasteiger partial charge in [-0.25, -0.2) is 4.68 Å². The third kappa shape index (κ3) is 1.85. The van der Waals surface area contributed by atoms with E-state index in [4.69, 9.17) is 5.73 Å². The van der Waals surface area contributed by atoms with Crippen molar-refractivity contribution in [3.63, 3.8) is 0 Å². The fourth-order valence-corrected chi connectivity index (χ4v) is 2.25. The Kier molecular flexibility index (Phi) is 2.54. The number of nitrogens with zero attached hydrogens (tertiary/aromatic N) is 4. The van der Waals surface area contributed by atoms with Crippen LogP contribution in [0, 0.1) is 12.8 Å². The standard InChI is InChI=1S/C13H17N5/c1-8-7-11(5-6-12(8)14)13-15-16-17-18(13)9(2)10-3-4-10/h5-7,9-10H,3-4,14H2,1-2H3. The summed E-state index contributed by atoms with van der Waals surface area (Å²) >= 11 is 0. The zero-order valence-corrected chi connectivity index (χ0v) is 10.7. The molecule has 1 aromatic carbocycles. The van der Waals surface area contributed by atoms with E-state index in [-0.39, 0.29) is 0 Å². The third-order valence-corrected chi connectivity index (χ3v) is 3.71. The van der Waals surface area contributed by atoms with Gasteiger partial charge in [-0.3, -0.25) is 0 Å². The van der Waals surface area contributed by atoms with Crippen LogP contribution in [0.4, 0.5) is 5.69 Å². The van der Waals surface area contributed by atoms with E-state index < -0.39 is 0 Å². The number of rotatable bonds is 3. The molecule has 0 saturated heterocycles. The number of aryl methyl sites for hydroxylation is 1. The Morgan fingerprint density at radius 3 is 2.83 bits per heavy atom. The smallest absolute Gasteiger partial charge is 0.182 e. The summed E-state index contributed by atoms with van der Waals surface area (Å²) in [6.45, 7) is 4.18. The lowest BCUT2D eigenvalue weighted by Gasteiger charge is -2.12. The van der Waals surface area contributed by atoms with Gasteiger partial charge in [-0.05, 0) is 66.8 Å². The van der Waals surface area contributed by atoms with Crippen molar-refractivity contribution in [3.05, 3.63) is 23.8 Å². The predicted octanol–water partition coefficient (Wildman–Crippen LogP) is 2.20. The Labute approximate surface area is 106 Å². The molecule has 94 valence electrons. The van der Waals surface area contributed by atoms with Gasteiger partial charge >= 0.3 is 0 Å². The molecule has 0 bridgehead atoms. The summed E-state index contributed by atoms with van der Waals surface area (Å²) in [7, 11) is 0. The fraction of sp³-hybridized carbons (Fsp3) is 0.462. The Bertz CT molecular complexity index is 571. The molecular formula is C13H17N5. The minimum Gasteiger partial charge on any atom is -0.399 e. The average Bonchev–Trinajstić information content (AvgIpc) is 3.09. The number of hydrogen-bond acceptors (Lipinski definition) is 4. The molecule has 1 fully saturated rings. The van der Waals surface area contributed by atoms with E-state index in [2.05, 4.69) is 22.4 Å². The number of anilines is 1. The largest absolute Gasteiger partial charge is 0.399 e. The number of tetrazole rings is 1. The quantitative estimate of drug-likeness (QED) is 0.839. The highest BCUT2D eigenvalue weighted by Gasteiger charge is 2.31. The topological polar surface area (TPSA) is 69.6 Å². The molecule has 1 heterocycles. The van der Waals surface area contributed by atoms with Crippen molar-refractivity contribution in [3.8, 4) is 11.4 Å². The van der Waals surface area contributed by atoms with Crippen LogP contribution in [-0.2, 0) is 0 Å². The molecule has 1 aliphatic carbocycles. The molecular weight excluding hydrogens is 226 g/mol. The van der Waals surface area contributed by atoms with Crippen LogP contribution in [-0.4, -0.2) is 20.2 Å². The van der Waals surface area contributed by atoms with Gasteiger partial charge < -0.3 is 5.73 Å². The van der Waals surface area contributed by atoms with E-state index in [1.54, 1.807) is 0 Å². The molecule has 3 rings (SSSR count). The first kappa shape index (κ1) is 11.2. The van der Waals surface area contributed by atoms with Crippen molar-refractivity contribution in [2.75, 3.05) is 5.73 Å². The molecule has 18 heavy (non-hydrogen) atoms. The van der Waals surface area contributed by atoms with Gasteiger partial charge in [0.25, 0.3) is 0 Å². The summed E-state index contributed by atoms with van der Waals surface area (Å²) in [5.41, 5.74) is 8.72. The van der Waals surface area contributed by atoms with Crippen LogP contribution >= 0.6 is 0 Å². The van der Waals surface area contributed by atoms with Gasteiger partial charge in [-0.1, -0.05) is 0 Å². The fourth-order valence-electron chi connectivity index (χ4n) is 2.25. The molecule has 1 atom stereocenters. The van der Waals surface area contributed by atoms with E-state index >= 15 is 0 Å². The first-order valence-corrected chi connectivity index (χ1v) is 6.31. The summed E-state index contributed by atoms with van der Waals surface area (Å²) in [5, 5.41) is 12.1. The summed E-state index contributed by atoms with van der Waals surface area (Å²) in [6.07, 6.45) is 2.56. The van der Waals surface area contributed by atoms with Crippen LogP contribution in [0.2, 0.25) is 0 Å². The van der Waals surface area contributed by atoms with Crippen LogP contribution in [0.3, 0.4) is 0 Å². The van der Waals surface area contributed by atoms with Gasteiger partial charge in [-0.2, -0.15) is 0 Å². The van der Waals surface area contributed by atoms with Crippen LogP contribution in [0.5, 0.6) is 0 Å². The molecule has 1 aliphatic rings. The summed E-state index contributed by atoms with van der Waals surface area (Å²) in [4.78, 5) is 0. The van der Waals surface area contributed by atoms with Gasteiger partial charge in [0.2, 0.25) is 0 Å². The Balaban J connectivity index is 2.00. The minimum atomic E-state index is 0.368. The van der Waals surface area contributed by atoms with E-state index in [1.165, 1.54) is 12.8 Å². The monoisotopic (exact) mass is 243 g/mol. The van der Waals surface area contributed by atoms with Crippen LogP contribution in [0.1, 0.15) is 31.4 Å². The van der Waals surface area contributed by atoms with Crippen molar-refractivity contribution >= 4 is 5.69 Å². The maximum Gasteiger partial charge on any atom is 0.182 e. The van der Waals surface area contributed by atoms with Gasteiger partial charge in [0.15, 0.2) is 5.82 Å². The van der Waals surface area contributed by atoms with E-state index in [0.717, 1.165) is 28.6 Å². The van der Waals surface area contributed by atoms with E-state index in [9.17, 15) is 0 Å². The Morgan fingerprint density at radius 2 is 2.17 bits per heavy atom. The SMILES string of the molecule is Cc1cc(-c2nnnn2C(C)C2CC2)ccc1N. The van der Waals surface area contributed by atoms with Gasteiger partial charge in [0.05, 0.1) is 6.04 Å². The maximum atomic E-state index is 5.84. The molecule has 2 aromatic rings. The lowest BCUT2D eigenvalue weighted by Crippen LogP contribution is -2.11. The van der Waals surface area contributed by atoms with Crippen molar-refractivity contribution in [1.29, 1.82) is 0 Å². The highest BCUT2D eigenvalue weighted by Crippen LogP contribution is 2.40. The molecule has 0 aliphatic heterocycles. The molecule has 0 radical (unpaired) electrons. The average molecular weight is 243 g/mol. The zero-order valence-electron chi connectivity index (χ0n) is 10.7. The Hall–Kier alpha value is -1.91. The first-order chi connectivity index (χ1) is 8.66. The summed E-state index contributed by atoms with van der Waals surface area (Å²) in [6, 6.07) is 6.29. The van der Waals surface area contributed by atoms with Gasteiger partial charge in [0.1, 0.15) is 0 Å². The Morgan fingerprint density at radius 1 is 1.39 bits per heavy atom. The van der Waals surface area contributed by atoms with Gasteiger partial charge in [0, 0.05) is 11.3 Å². The molecule has 1 aromatic heterocycles. The normalized spacial score (nSPS) is 16.8. The molecule has 2 N–H and O–H groups in total. The van der Waals surface area contributed by atoms with Crippen molar-refractivity contribution < 1.29 is 0 Å². The van der Waals surface area contributed by atoms with Crippen LogP contribution in [0.15, 0.2) is 18.2 Å². The highest BCUT2D eigenvalue weighted by atomic mass is 15.5. The number of aromatic nitrogens is 4. The second-order valence-corrected chi connectivity index (χ2v) is 5.10. The molecule has 5 heteroatoms. The van der Waals surface area contributed by atoms with Crippen molar-refractivity contribution in [2.24, 2.45) is 5.92 Å².